The average Bonchev–Trinajstić information content (AvgIpc) is 2.44. The number of rotatable bonds is 6. The Labute approximate surface area is 128 Å². The Hall–Kier alpha value is -1.25. The summed E-state index contributed by atoms with van der Waals surface area (Å²) >= 11 is 0. The Morgan fingerprint density at radius 1 is 1.30 bits per heavy atom. The van der Waals surface area contributed by atoms with Gasteiger partial charge in [0.1, 0.15) is 5.75 Å². The molecule has 0 aliphatic heterocycles. The number of ether oxygens (including phenoxy) is 1. The summed E-state index contributed by atoms with van der Waals surface area (Å²) in [6.45, 7) is 8.52. The Bertz CT molecular complexity index is 458. The highest BCUT2D eigenvalue weighted by molar-refractivity contribution is 5.85. The highest BCUT2D eigenvalue weighted by Gasteiger charge is 2.28. The minimum Gasteiger partial charge on any atom is -0.496 e. The molecular weight excluding hydrogens is 270 g/mol. The van der Waals surface area contributed by atoms with Gasteiger partial charge in [0, 0.05) is 12.6 Å². The molecule has 1 aromatic carbocycles. The van der Waals surface area contributed by atoms with Gasteiger partial charge in [-0.2, -0.15) is 0 Å². The smallest absolute Gasteiger partial charge is 0.122 e. The van der Waals surface area contributed by atoms with Crippen LogP contribution in [0.5, 0.6) is 5.75 Å². The molecule has 0 aromatic heterocycles. The molecule has 3 heteroatoms. The van der Waals surface area contributed by atoms with Gasteiger partial charge in [-0.3, -0.25) is 0 Å². The molecule has 2 rings (SSSR count). The second kappa shape index (κ2) is 8.13. The summed E-state index contributed by atoms with van der Waals surface area (Å²) in [5.74, 6) is 1.62. The summed E-state index contributed by atoms with van der Waals surface area (Å²) in [5, 5.41) is 3.58. The summed E-state index contributed by atoms with van der Waals surface area (Å²) in [6, 6.07) is 6.83. The van der Waals surface area contributed by atoms with Crippen molar-refractivity contribution < 1.29 is 4.74 Å². The van der Waals surface area contributed by atoms with Crippen molar-refractivity contribution in [3.8, 4) is 5.75 Å². The molecule has 20 heavy (non-hydrogen) atoms. The zero-order chi connectivity index (χ0) is 13.7. The third-order valence-electron chi connectivity index (χ3n) is 3.92. The maximum Gasteiger partial charge on any atom is 0.122 e. The van der Waals surface area contributed by atoms with E-state index in [-0.39, 0.29) is 12.4 Å². The monoisotopic (exact) mass is 293 g/mol. The topological polar surface area (TPSA) is 21.3 Å². The Balaban J connectivity index is 0.00000200. The fraction of sp³-hybridized carbons (Fsp3) is 0.412. The van der Waals surface area contributed by atoms with E-state index in [0.717, 1.165) is 31.6 Å². The first-order valence-electron chi connectivity index (χ1n) is 6.90. The van der Waals surface area contributed by atoms with Crippen molar-refractivity contribution in [1.82, 2.24) is 5.32 Å². The first-order valence-corrected chi connectivity index (χ1v) is 6.90. The summed E-state index contributed by atoms with van der Waals surface area (Å²) in [5.41, 5.74) is 2.77. The number of fused-ring (bicyclic) bond motifs is 1. The number of methoxy groups -OCH3 is 1. The van der Waals surface area contributed by atoms with Gasteiger partial charge in [0.2, 0.25) is 0 Å². The molecule has 0 bridgehead atoms. The zero-order valence-corrected chi connectivity index (χ0v) is 12.9. The molecule has 2 atom stereocenters. The van der Waals surface area contributed by atoms with Crippen molar-refractivity contribution in [2.75, 3.05) is 13.7 Å². The van der Waals surface area contributed by atoms with E-state index in [4.69, 9.17) is 4.74 Å². The zero-order valence-electron chi connectivity index (χ0n) is 12.1. The molecule has 0 amide bonds. The van der Waals surface area contributed by atoms with E-state index in [9.17, 15) is 0 Å². The van der Waals surface area contributed by atoms with Crippen LogP contribution >= 0.6 is 12.4 Å². The van der Waals surface area contributed by atoms with Gasteiger partial charge in [-0.25, -0.2) is 0 Å². The highest BCUT2D eigenvalue weighted by Crippen LogP contribution is 2.33. The summed E-state index contributed by atoms with van der Waals surface area (Å²) in [4.78, 5) is 0. The van der Waals surface area contributed by atoms with E-state index in [1.807, 2.05) is 12.2 Å². The summed E-state index contributed by atoms with van der Waals surface area (Å²) < 4.78 is 5.49. The summed E-state index contributed by atoms with van der Waals surface area (Å²) in [7, 11) is 1.75. The van der Waals surface area contributed by atoms with Gasteiger partial charge in [0.25, 0.3) is 0 Å². The Kier molecular flexibility index (Phi) is 6.83. The Morgan fingerprint density at radius 3 is 2.75 bits per heavy atom. The fourth-order valence-electron chi connectivity index (χ4n) is 2.97. The maximum atomic E-state index is 5.49. The maximum absolute atomic E-state index is 5.49. The first-order chi connectivity index (χ1) is 9.30. The second-order valence-corrected chi connectivity index (χ2v) is 5.09. The van der Waals surface area contributed by atoms with Crippen molar-refractivity contribution in [2.24, 2.45) is 5.92 Å². The lowest BCUT2D eigenvalue weighted by Crippen LogP contribution is -2.42. The normalized spacial score (nSPS) is 20.4. The van der Waals surface area contributed by atoms with Gasteiger partial charge in [-0.15, -0.1) is 25.6 Å². The molecule has 110 valence electrons. The van der Waals surface area contributed by atoms with Crippen LogP contribution in [0.2, 0.25) is 0 Å². The molecule has 0 unspecified atom stereocenters. The Morgan fingerprint density at radius 2 is 2.10 bits per heavy atom. The number of benzene rings is 1. The van der Waals surface area contributed by atoms with Crippen molar-refractivity contribution in [3.63, 3.8) is 0 Å². The number of hydrogen-bond donors (Lipinski definition) is 1. The van der Waals surface area contributed by atoms with Gasteiger partial charge in [-0.05, 0) is 42.4 Å². The van der Waals surface area contributed by atoms with Crippen LogP contribution in [0.4, 0.5) is 0 Å². The number of hydrogen-bond acceptors (Lipinski definition) is 2. The molecule has 0 heterocycles. The van der Waals surface area contributed by atoms with E-state index >= 15 is 0 Å². The van der Waals surface area contributed by atoms with Crippen molar-refractivity contribution in [1.29, 1.82) is 0 Å². The number of halogens is 1. The quantitative estimate of drug-likeness (QED) is 0.810. The molecule has 0 radical (unpaired) electrons. The van der Waals surface area contributed by atoms with Crippen LogP contribution in [-0.2, 0) is 12.8 Å². The second-order valence-electron chi connectivity index (χ2n) is 5.09. The predicted octanol–water partition coefficient (Wildman–Crippen LogP) is 3.55. The molecule has 1 aliphatic rings. The molecule has 0 fully saturated rings. The largest absolute Gasteiger partial charge is 0.496 e. The van der Waals surface area contributed by atoms with Crippen molar-refractivity contribution in [3.05, 3.63) is 54.6 Å². The lowest BCUT2D eigenvalue weighted by atomic mass is 9.78. The van der Waals surface area contributed by atoms with Crippen LogP contribution in [0.25, 0.3) is 0 Å². The van der Waals surface area contributed by atoms with Gasteiger partial charge < -0.3 is 10.1 Å². The van der Waals surface area contributed by atoms with E-state index in [1.165, 1.54) is 11.1 Å². The van der Waals surface area contributed by atoms with Crippen molar-refractivity contribution >= 4 is 12.4 Å². The fourth-order valence-corrected chi connectivity index (χ4v) is 2.97. The standard InChI is InChI=1S/C17H23NO.ClH/c1-4-7-14-11-13-8-6-9-17(19-3)15(13)12-16(14)18-10-5-2;/h4-6,8-9,14,16,18H,1-2,7,10-12H2,3H3;1H/t14-,16+;/m1./s1. The predicted molar refractivity (Wildman–Crippen MR) is 87.9 cm³/mol. The average molecular weight is 294 g/mol. The molecule has 2 nitrogen and oxygen atoms in total. The van der Waals surface area contributed by atoms with E-state index in [2.05, 4.69) is 36.7 Å². The van der Waals surface area contributed by atoms with E-state index in [0.29, 0.717) is 12.0 Å². The lowest BCUT2D eigenvalue weighted by molar-refractivity contribution is 0.331. The van der Waals surface area contributed by atoms with Crippen LogP contribution in [0.1, 0.15) is 17.5 Å². The third-order valence-corrected chi connectivity index (χ3v) is 3.92. The number of allylic oxidation sites excluding steroid dienone is 1. The van der Waals surface area contributed by atoms with Crippen LogP contribution in [0.3, 0.4) is 0 Å². The highest BCUT2D eigenvalue weighted by atomic mass is 35.5. The molecule has 1 aromatic rings. The van der Waals surface area contributed by atoms with Crippen LogP contribution in [0, 0.1) is 5.92 Å². The third kappa shape index (κ3) is 3.65. The SMILES string of the molecule is C=CCN[C@H]1Cc2c(cccc2OC)C[C@H]1CC=C.Cl. The minimum atomic E-state index is 0. The van der Waals surface area contributed by atoms with E-state index in [1.54, 1.807) is 7.11 Å². The van der Waals surface area contributed by atoms with Gasteiger partial charge >= 0.3 is 0 Å². The van der Waals surface area contributed by atoms with Gasteiger partial charge in [0.05, 0.1) is 7.11 Å². The molecular formula is C17H24ClNO. The van der Waals surface area contributed by atoms with Crippen LogP contribution < -0.4 is 10.1 Å². The molecule has 0 saturated carbocycles. The van der Waals surface area contributed by atoms with Crippen LogP contribution in [0.15, 0.2) is 43.5 Å². The van der Waals surface area contributed by atoms with Gasteiger partial charge in [-0.1, -0.05) is 24.3 Å². The summed E-state index contributed by atoms with van der Waals surface area (Å²) in [6.07, 6.45) is 7.10. The molecule has 0 spiro atoms. The number of nitrogens with one attached hydrogen (secondary N) is 1. The minimum absolute atomic E-state index is 0. The van der Waals surface area contributed by atoms with Crippen molar-refractivity contribution in [2.45, 2.75) is 25.3 Å². The van der Waals surface area contributed by atoms with Gasteiger partial charge in [0.15, 0.2) is 0 Å². The van der Waals surface area contributed by atoms with E-state index < -0.39 is 0 Å². The lowest BCUT2D eigenvalue weighted by Gasteiger charge is -2.34. The molecule has 1 N–H and O–H groups in total. The molecule has 0 saturated heterocycles. The van der Waals surface area contributed by atoms with Crippen LogP contribution in [-0.4, -0.2) is 19.7 Å². The molecule has 1 aliphatic carbocycles. The first kappa shape index (κ1) is 16.8.